The Hall–Kier alpha value is -2.21. The lowest BCUT2D eigenvalue weighted by Gasteiger charge is -2.17. The van der Waals surface area contributed by atoms with Crippen LogP contribution in [0.1, 0.15) is 26.3 Å². The molecule has 0 amide bonds. The Morgan fingerprint density at radius 3 is 2.52 bits per heavy atom. The van der Waals surface area contributed by atoms with Crippen molar-refractivity contribution in [3.63, 3.8) is 0 Å². The maximum Gasteiger partial charge on any atom is 0.352 e. The Kier molecular flexibility index (Phi) is 4.70. The predicted molar refractivity (Wildman–Crippen MR) is 84.0 cm³/mol. The third-order valence-corrected chi connectivity index (χ3v) is 3.44. The van der Waals surface area contributed by atoms with E-state index in [1.807, 2.05) is 38.1 Å². The quantitative estimate of drug-likeness (QED) is 0.667. The first-order chi connectivity index (χ1) is 10.1. The number of aryl methyl sites for hydroxylation is 1. The van der Waals surface area contributed by atoms with E-state index in [4.69, 9.17) is 5.84 Å². The second-order valence-corrected chi connectivity index (χ2v) is 4.67. The number of rotatable bonds is 5. The minimum Gasteiger partial charge on any atom is -0.279 e. The molecule has 0 spiro atoms. The fraction of sp³-hybridized carbons (Fsp3) is 0.400. The molecule has 2 rings (SSSR count). The van der Waals surface area contributed by atoms with Crippen LogP contribution in [0.15, 0.2) is 29.1 Å². The van der Waals surface area contributed by atoms with Crippen LogP contribution >= 0.6 is 0 Å². The van der Waals surface area contributed by atoms with Crippen LogP contribution < -0.4 is 16.5 Å². The van der Waals surface area contributed by atoms with Crippen molar-refractivity contribution in [2.75, 3.05) is 11.6 Å². The monoisotopic (exact) mass is 287 g/mol. The van der Waals surface area contributed by atoms with Crippen LogP contribution in [0.3, 0.4) is 0 Å². The summed E-state index contributed by atoms with van der Waals surface area (Å²) in [5.41, 5.74) is 1.77. The van der Waals surface area contributed by atoms with Crippen LogP contribution in [0.5, 0.6) is 0 Å². The van der Waals surface area contributed by atoms with Gasteiger partial charge in [0.05, 0.1) is 0 Å². The van der Waals surface area contributed by atoms with E-state index in [2.05, 4.69) is 16.9 Å². The van der Waals surface area contributed by atoms with E-state index >= 15 is 0 Å². The Balaban J connectivity index is 2.71. The molecule has 2 N–H and O–H groups in total. The van der Waals surface area contributed by atoms with Crippen LogP contribution in [-0.2, 0) is 13.0 Å². The summed E-state index contributed by atoms with van der Waals surface area (Å²) < 4.78 is 1.57. The van der Waals surface area contributed by atoms with Crippen LogP contribution in [-0.4, -0.2) is 21.1 Å². The van der Waals surface area contributed by atoms with E-state index in [0.29, 0.717) is 18.9 Å². The molecule has 2 aromatic rings. The zero-order chi connectivity index (χ0) is 15.4. The molecule has 0 aliphatic rings. The molecule has 0 bridgehead atoms. The van der Waals surface area contributed by atoms with E-state index in [0.717, 1.165) is 17.5 Å². The summed E-state index contributed by atoms with van der Waals surface area (Å²) in [6.45, 7) is 6.92. The van der Waals surface area contributed by atoms with Gasteiger partial charge < -0.3 is 0 Å². The molecular weight excluding hydrogens is 266 g/mol. The third-order valence-electron chi connectivity index (χ3n) is 3.44. The van der Waals surface area contributed by atoms with Crippen molar-refractivity contribution in [2.24, 2.45) is 5.84 Å². The topological polar surface area (TPSA) is 77.0 Å². The smallest absolute Gasteiger partial charge is 0.279 e. The van der Waals surface area contributed by atoms with Crippen molar-refractivity contribution in [1.29, 1.82) is 0 Å². The Morgan fingerprint density at radius 2 is 1.90 bits per heavy atom. The number of hydrogen-bond acceptors (Lipinski definition) is 5. The number of hydrogen-bond donors (Lipinski definition) is 1. The number of hydrazine groups is 1. The Bertz CT molecular complexity index is 680. The molecule has 6 heteroatoms. The third kappa shape index (κ3) is 2.95. The largest absolute Gasteiger partial charge is 0.352 e. The first kappa shape index (κ1) is 15.2. The van der Waals surface area contributed by atoms with Gasteiger partial charge in [-0.3, -0.25) is 9.58 Å². The maximum absolute atomic E-state index is 12.2. The number of nitrogens with zero attached hydrogens (tertiary/aromatic N) is 4. The van der Waals surface area contributed by atoms with Crippen molar-refractivity contribution in [1.82, 2.24) is 14.5 Å². The van der Waals surface area contributed by atoms with Crippen molar-refractivity contribution in [3.8, 4) is 11.4 Å². The molecule has 0 unspecified atom stereocenters. The molecule has 21 heavy (non-hydrogen) atoms. The molecular formula is C15H21N5O. The van der Waals surface area contributed by atoms with Gasteiger partial charge in [-0.1, -0.05) is 31.2 Å². The summed E-state index contributed by atoms with van der Waals surface area (Å²) in [6, 6.07) is 7.95. The molecule has 0 aliphatic carbocycles. The molecule has 1 heterocycles. The number of benzene rings is 1. The molecule has 112 valence electrons. The Labute approximate surface area is 124 Å². The van der Waals surface area contributed by atoms with Crippen molar-refractivity contribution < 1.29 is 0 Å². The van der Waals surface area contributed by atoms with Crippen LogP contribution in [0, 0.1) is 0 Å². The molecule has 0 saturated heterocycles. The maximum atomic E-state index is 12.2. The van der Waals surface area contributed by atoms with Crippen molar-refractivity contribution >= 4 is 5.95 Å². The van der Waals surface area contributed by atoms with Gasteiger partial charge in [-0.15, -0.1) is 0 Å². The van der Waals surface area contributed by atoms with E-state index in [1.165, 1.54) is 5.01 Å². The molecule has 0 radical (unpaired) electrons. The lowest BCUT2D eigenvalue weighted by atomic mass is 10.0. The highest BCUT2D eigenvalue weighted by Crippen LogP contribution is 2.22. The van der Waals surface area contributed by atoms with Crippen LogP contribution in [0.2, 0.25) is 0 Å². The van der Waals surface area contributed by atoms with Crippen molar-refractivity contribution in [2.45, 2.75) is 33.7 Å². The standard InChI is InChI=1S/C15H21N5O/c1-4-11-9-7-8-10-12(11)13-17-14(20(16)6-3)18-15(21)19(13)5-2/h7-10H,4-6,16H2,1-3H3. The van der Waals surface area contributed by atoms with Gasteiger partial charge in [0.15, 0.2) is 0 Å². The number of nitrogens with two attached hydrogens (primary N) is 1. The summed E-state index contributed by atoms with van der Waals surface area (Å²) in [6.07, 6.45) is 0.869. The van der Waals surface area contributed by atoms with Gasteiger partial charge in [-0.25, -0.2) is 10.6 Å². The lowest BCUT2D eigenvalue weighted by molar-refractivity contribution is 0.674. The average molecular weight is 287 g/mol. The van der Waals surface area contributed by atoms with Gasteiger partial charge >= 0.3 is 5.69 Å². The second-order valence-electron chi connectivity index (χ2n) is 4.67. The van der Waals surface area contributed by atoms with E-state index in [-0.39, 0.29) is 11.6 Å². The molecule has 0 fully saturated rings. The minimum absolute atomic E-state index is 0.258. The number of anilines is 1. The zero-order valence-electron chi connectivity index (χ0n) is 12.7. The summed E-state index contributed by atoms with van der Waals surface area (Å²) in [5, 5.41) is 1.37. The minimum atomic E-state index is -0.327. The second kappa shape index (κ2) is 6.49. The van der Waals surface area contributed by atoms with Gasteiger partial charge in [0.2, 0.25) is 5.95 Å². The lowest BCUT2D eigenvalue weighted by Crippen LogP contribution is -2.36. The molecule has 1 aromatic heterocycles. The van der Waals surface area contributed by atoms with E-state index < -0.39 is 0 Å². The van der Waals surface area contributed by atoms with Crippen LogP contribution in [0.25, 0.3) is 11.4 Å². The SMILES string of the molecule is CCc1ccccc1-c1nc(N(N)CC)nc(=O)n1CC. The molecule has 0 saturated carbocycles. The zero-order valence-corrected chi connectivity index (χ0v) is 12.7. The van der Waals surface area contributed by atoms with Gasteiger partial charge in [-0.2, -0.15) is 9.97 Å². The molecule has 0 atom stereocenters. The highest BCUT2D eigenvalue weighted by Gasteiger charge is 2.15. The normalized spacial score (nSPS) is 10.7. The van der Waals surface area contributed by atoms with Gasteiger partial charge in [-0.05, 0) is 25.8 Å². The van der Waals surface area contributed by atoms with Crippen LogP contribution in [0.4, 0.5) is 5.95 Å². The molecule has 1 aromatic carbocycles. The first-order valence-corrected chi connectivity index (χ1v) is 7.21. The van der Waals surface area contributed by atoms with E-state index in [1.54, 1.807) is 4.57 Å². The predicted octanol–water partition coefficient (Wildman–Crippen LogP) is 1.59. The molecule has 6 nitrogen and oxygen atoms in total. The van der Waals surface area contributed by atoms with E-state index in [9.17, 15) is 4.79 Å². The van der Waals surface area contributed by atoms with Gasteiger partial charge in [0.25, 0.3) is 0 Å². The number of aromatic nitrogens is 3. The summed E-state index contributed by atoms with van der Waals surface area (Å²) >= 11 is 0. The fourth-order valence-corrected chi connectivity index (χ4v) is 2.22. The first-order valence-electron chi connectivity index (χ1n) is 7.21. The Morgan fingerprint density at radius 1 is 1.19 bits per heavy atom. The summed E-state index contributed by atoms with van der Waals surface area (Å²) in [5.74, 6) is 6.71. The molecule has 0 aliphatic heterocycles. The summed E-state index contributed by atoms with van der Waals surface area (Å²) in [4.78, 5) is 20.7. The fourth-order valence-electron chi connectivity index (χ4n) is 2.22. The average Bonchev–Trinajstić information content (AvgIpc) is 2.53. The highest BCUT2D eigenvalue weighted by molar-refractivity contribution is 5.61. The van der Waals surface area contributed by atoms with Gasteiger partial charge in [0, 0.05) is 18.7 Å². The summed E-state index contributed by atoms with van der Waals surface area (Å²) in [7, 11) is 0. The highest BCUT2D eigenvalue weighted by atomic mass is 16.1. The van der Waals surface area contributed by atoms with Crippen molar-refractivity contribution in [3.05, 3.63) is 40.3 Å². The van der Waals surface area contributed by atoms with Gasteiger partial charge in [0.1, 0.15) is 5.82 Å².